The maximum atomic E-state index is 14.1. The van der Waals surface area contributed by atoms with Crippen LogP contribution in [0.15, 0.2) is 47.8 Å². The molecule has 40 heavy (non-hydrogen) atoms. The molecular formula is C25H15ClF9N3O2. The van der Waals surface area contributed by atoms with Gasteiger partial charge in [-0.1, -0.05) is 22.8 Å². The monoisotopic (exact) mass is 595 g/mol. The molecule has 0 fully saturated rings. The second-order valence-electron chi connectivity index (χ2n) is 8.75. The van der Waals surface area contributed by atoms with E-state index in [2.05, 4.69) is 15.5 Å². The Hall–Kier alpha value is -3.81. The number of nitrogens with one attached hydrogen (secondary N) is 1. The number of aryl methyl sites for hydroxylation is 1. The van der Waals surface area contributed by atoms with E-state index in [1.807, 2.05) is 0 Å². The van der Waals surface area contributed by atoms with Crippen molar-refractivity contribution in [2.24, 2.45) is 5.16 Å². The molecule has 0 bridgehead atoms. The number of alkyl halides is 6. The molecule has 2 aromatic carbocycles. The SMILES string of the molecule is Cc1cc(C2=NOC(c3cc(F)c(F)c(F)c3)(C(F)(F)F)C2)ccc1C(=O)NCc1ncc(C(F)(F)F)cc1Cl. The summed E-state index contributed by atoms with van der Waals surface area (Å²) in [6.45, 7) is 1.14. The van der Waals surface area contributed by atoms with Gasteiger partial charge in [0.2, 0.25) is 0 Å². The van der Waals surface area contributed by atoms with Crippen molar-refractivity contribution in [3.8, 4) is 0 Å². The Labute approximate surface area is 224 Å². The summed E-state index contributed by atoms with van der Waals surface area (Å²) >= 11 is 5.83. The zero-order valence-corrected chi connectivity index (χ0v) is 20.7. The molecule has 1 atom stereocenters. The first-order chi connectivity index (χ1) is 18.5. The highest BCUT2D eigenvalue weighted by Gasteiger charge is 2.62. The molecule has 0 radical (unpaired) electrons. The van der Waals surface area contributed by atoms with Crippen LogP contribution in [0.5, 0.6) is 0 Å². The summed E-state index contributed by atoms with van der Waals surface area (Å²) in [5.74, 6) is -6.31. The van der Waals surface area contributed by atoms with E-state index in [1.165, 1.54) is 25.1 Å². The summed E-state index contributed by atoms with van der Waals surface area (Å²) < 4.78 is 121. The Morgan fingerprint density at radius 2 is 1.70 bits per heavy atom. The molecule has 5 nitrogen and oxygen atoms in total. The summed E-state index contributed by atoms with van der Waals surface area (Å²) in [6, 6.07) is 4.86. The molecule has 2 heterocycles. The first-order valence-electron chi connectivity index (χ1n) is 11.1. The zero-order chi connectivity index (χ0) is 29.6. The lowest BCUT2D eigenvalue weighted by atomic mass is 9.86. The summed E-state index contributed by atoms with van der Waals surface area (Å²) in [7, 11) is 0. The molecule has 3 aromatic rings. The molecule has 0 aliphatic carbocycles. The molecule has 15 heteroatoms. The maximum absolute atomic E-state index is 14.1. The first-order valence-corrected chi connectivity index (χ1v) is 11.5. The summed E-state index contributed by atoms with van der Waals surface area (Å²) in [5.41, 5.74) is -5.26. The third-order valence-electron chi connectivity index (χ3n) is 6.10. The third kappa shape index (κ3) is 5.44. The lowest BCUT2D eigenvalue weighted by Gasteiger charge is -2.29. The third-order valence-corrected chi connectivity index (χ3v) is 6.43. The van der Waals surface area contributed by atoms with Crippen LogP contribution in [-0.2, 0) is 23.2 Å². The number of rotatable bonds is 5. The van der Waals surface area contributed by atoms with E-state index in [0.29, 0.717) is 12.3 Å². The number of benzene rings is 2. The van der Waals surface area contributed by atoms with Crippen LogP contribution in [0.1, 0.15) is 44.7 Å². The van der Waals surface area contributed by atoms with Crippen molar-refractivity contribution in [3.05, 3.63) is 98.6 Å². The van der Waals surface area contributed by atoms with Gasteiger partial charge in [-0.2, -0.15) is 26.3 Å². The molecule has 1 N–H and O–H groups in total. The van der Waals surface area contributed by atoms with Gasteiger partial charge in [0, 0.05) is 23.7 Å². The number of amides is 1. The van der Waals surface area contributed by atoms with Crippen LogP contribution in [0.25, 0.3) is 0 Å². The number of carbonyl (C=O) groups is 1. The number of pyridine rings is 1. The molecule has 0 saturated carbocycles. The Balaban J connectivity index is 1.52. The Morgan fingerprint density at radius 3 is 2.25 bits per heavy atom. The molecule has 0 spiro atoms. The van der Waals surface area contributed by atoms with E-state index in [0.717, 1.165) is 0 Å². The van der Waals surface area contributed by atoms with Gasteiger partial charge in [0.15, 0.2) is 17.5 Å². The maximum Gasteiger partial charge on any atom is 0.435 e. The van der Waals surface area contributed by atoms with E-state index < -0.39 is 58.9 Å². The van der Waals surface area contributed by atoms with Crippen LogP contribution in [0, 0.1) is 24.4 Å². The van der Waals surface area contributed by atoms with Crippen LogP contribution in [0.2, 0.25) is 5.02 Å². The van der Waals surface area contributed by atoms with E-state index in [-0.39, 0.29) is 51.8 Å². The van der Waals surface area contributed by atoms with Crippen molar-refractivity contribution in [1.82, 2.24) is 10.3 Å². The molecule has 1 aromatic heterocycles. The number of hydrogen-bond donors (Lipinski definition) is 1. The van der Waals surface area contributed by atoms with Crippen molar-refractivity contribution in [2.75, 3.05) is 0 Å². The Bertz CT molecular complexity index is 1500. The van der Waals surface area contributed by atoms with Crippen LogP contribution < -0.4 is 5.32 Å². The highest BCUT2D eigenvalue weighted by atomic mass is 35.5. The molecule has 0 saturated heterocycles. The van der Waals surface area contributed by atoms with Crippen LogP contribution >= 0.6 is 11.6 Å². The van der Waals surface area contributed by atoms with Gasteiger partial charge in [-0.15, -0.1) is 0 Å². The standard InChI is InChI=1S/C25H15ClF9N3O2/c1-11-4-12(2-3-15(11)22(39)37-10-20-16(26)5-14(9-36-20)24(30,31)32)19-8-23(40-38-19,25(33,34)35)13-6-17(27)21(29)18(28)7-13/h2-7,9H,8,10H2,1H3,(H,37,39). The fourth-order valence-electron chi connectivity index (χ4n) is 3.96. The minimum absolute atomic E-state index is 0.0353. The quantitative estimate of drug-likeness (QED) is 0.255. The van der Waals surface area contributed by atoms with E-state index in [1.54, 1.807) is 0 Å². The number of nitrogens with zero attached hydrogens (tertiary/aromatic N) is 2. The van der Waals surface area contributed by atoms with Crippen LogP contribution in [0.3, 0.4) is 0 Å². The zero-order valence-electron chi connectivity index (χ0n) is 19.9. The lowest BCUT2D eigenvalue weighted by Crippen LogP contribution is -2.43. The summed E-state index contributed by atoms with van der Waals surface area (Å²) in [6.07, 6.45) is -10.3. The predicted molar refractivity (Wildman–Crippen MR) is 123 cm³/mol. The molecule has 4 rings (SSSR count). The number of hydrogen-bond acceptors (Lipinski definition) is 4. The summed E-state index contributed by atoms with van der Waals surface area (Å²) in [5, 5.41) is 5.58. The van der Waals surface area contributed by atoms with Gasteiger partial charge in [0.1, 0.15) is 0 Å². The predicted octanol–water partition coefficient (Wildman–Crippen LogP) is 6.99. The second-order valence-corrected chi connectivity index (χ2v) is 9.15. The van der Waals surface area contributed by atoms with Crippen molar-refractivity contribution in [1.29, 1.82) is 0 Å². The first kappa shape index (κ1) is 29.2. The smallest absolute Gasteiger partial charge is 0.374 e. The number of halogens is 10. The van der Waals surface area contributed by atoms with Gasteiger partial charge in [-0.25, -0.2) is 13.2 Å². The number of carbonyl (C=O) groups excluding carboxylic acids is 1. The fourth-order valence-corrected chi connectivity index (χ4v) is 4.19. The molecule has 1 unspecified atom stereocenters. The minimum Gasteiger partial charge on any atom is -0.374 e. The Kier molecular flexibility index (Phi) is 7.52. The molecule has 1 aliphatic rings. The van der Waals surface area contributed by atoms with E-state index in [9.17, 15) is 44.3 Å². The largest absolute Gasteiger partial charge is 0.435 e. The average Bonchev–Trinajstić information content (AvgIpc) is 3.32. The van der Waals surface area contributed by atoms with Crippen molar-refractivity contribution >= 4 is 23.2 Å². The van der Waals surface area contributed by atoms with E-state index in [4.69, 9.17) is 16.4 Å². The van der Waals surface area contributed by atoms with Gasteiger partial charge >= 0.3 is 12.4 Å². The molecule has 212 valence electrons. The van der Waals surface area contributed by atoms with Crippen molar-refractivity contribution in [2.45, 2.75) is 37.8 Å². The fraction of sp³-hybridized carbons (Fsp3) is 0.240. The topological polar surface area (TPSA) is 63.6 Å². The normalized spacial score (nSPS) is 17.4. The highest BCUT2D eigenvalue weighted by Crippen LogP contribution is 2.49. The molecule has 1 aliphatic heterocycles. The van der Waals surface area contributed by atoms with Gasteiger partial charge in [0.25, 0.3) is 11.5 Å². The lowest BCUT2D eigenvalue weighted by molar-refractivity contribution is -0.276. The van der Waals surface area contributed by atoms with Gasteiger partial charge in [-0.05, 0) is 48.4 Å². The number of aromatic nitrogens is 1. The van der Waals surface area contributed by atoms with Crippen molar-refractivity contribution < 1.29 is 49.1 Å². The second kappa shape index (κ2) is 10.3. The van der Waals surface area contributed by atoms with E-state index >= 15 is 0 Å². The Morgan fingerprint density at radius 1 is 1.05 bits per heavy atom. The van der Waals surface area contributed by atoms with Gasteiger partial charge in [-0.3, -0.25) is 9.78 Å². The number of oxime groups is 1. The summed E-state index contributed by atoms with van der Waals surface area (Å²) in [4.78, 5) is 21.0. The van der Waals surface area contributed by atoms with Gasteiger partial charge < -0.3 is 10.2 Å². The highest BCUT2D eigenvalue weighted by molar-refractivity contribution is 6.31. The van der Waals surface area contributed by atoms with Gasteiger partial charge in [0.05, 0.1) is 28.5 Å². The molecular weight excluding hydrogens is 581 g/mol. The minimum atomic E-state index is -5.21. The van der Waals surface area contributed by atoms with Crippen molar-refractivity contribution in [3.63, 3.8) is 0 Å². The molecule has 1 amide bonds. The van der Waals surface area contributed by atoms with Crippen LogP contribution in [-0.4, -0.2) is 22.8 Å². The van der Waals surface area contributed by atoms with Crippen LogP contribution in [0.4, 0.5) is 39.5 Å². The average molecular weight is 596 g/mol.